The lowest BCUT2D eigenvalue weighted by Crippen LogP contribution is -2.48. The summed E-state index contributed by atoms with van der Waals surface area (Å²) >= 11 is 0. The molecule has 5 nitrogen and oxygen atoms in total. The normalized spacial score (nSPS) is 17.0. The molecule has 0 bridgehead atoms. The van der Waals surface area contributed by atoms with Crippen LogP contribution in [0.2, 0.25) is 0 Å². The summed E-state index contributed by atoms with van der Waals surface area (Å²) in [5.41, 5.74) is 1.42. The number of hydrogen-bond donors (Lipinski definition) is 2. The highest BCUT2D eigenvalue weighted by molar-refractivity contribution is 5.79. The van der Waals surface area contributed by atoms with E-state index in [-0.39, 0.29) is 5.41 Å². The Morgan fingerprint density at radius 2 is 1.85 bits per heavy atom. The molecule has 26 heavy (non-hydrogen) atoms. The van der Waals surface area contributed by atoms with Crippen molar-refractivity contribution >= 4 is 5.96 Å². The predicted octanol–water partition coefficient (Wildman–Crippen LogP) is 3.49. The molecule has 5 heteroatoms. The largest absolute Gasteiger partial charge is 0.494 e. The molecule has 0 aliphatic carbocycles. The second-order valence-electron chi connectivity index (χ2n) is 6.91. The molecule has 1 heterocycles. The monoisotopic (exact) mass is 361 g/mol. The summed E-state index contributed by atoms with van der Waals surface area (Å²) in [6.45, 7) is 8.36. The van der Waals surface area contributed by atoms with Gasteiger partial charge >= 0.3 is 0 Å². The number of benzene rings is 1. The molecule has 1 aromatic rings. The van der Waals surface area contributed by atoms with Gasteiger partial charge < -0.3 is 20.1 Å². The van der Waals surface area contributed by atoms with Gasteiger partial charge in [0.15, 0.2) is 5.96 Å². The van der Waals surface area contributed by atoms with Crippen LogP contribution in [0.25, 0.3) is 0 Å². The Morgan fingerprint density at radius 3 is 2.46 bits per heavy atom. The summed E-state index contributed by atoms with van der Waals surface area (Å²) in [5, 5.41) is 6.97. The lowest BCUT2D eigenvalue weighted by Gasteiger charge is -2.38. The van der Waals surface area contributed by atoms with Crippen molar-refractivity contribution in [1.82, 2.24) is 10.6 Å². The quantitative estimate of drug-likeness (QED) is 0.402. The molecule has 1 fully saturated rings. The highest BCUT2D eigenvalue weighted by Crippen LogP contribution is 2.35. The van der Waals surface area contributed by atoms with E-state index in [2.05, 4.69) is 46.8 Å². The summed E-state index contributed by atoms with van der Waals surface area (Å²) in [5.74, 6) is 1.82. The number of nitrogens with one attached hydrogen (secondary N) is 2. The van der Waals surface area contributed by atoms with Gasteiger partial charge in [-0.3, -0.25) is 4.99 Å². The van der Waals surface area contributed by atoms with Gasteiger partial charge in [-0.1, -0.05) is 31.9 Å². The fourth-order valence-electron chi connectivity index (χ4n) is 3.46. The van der Waals surface area contributed by atoms with Gasteiger partial charge in [-0.2, -0.15) is 0 Å². The number of guanidine groups is 1. The molecular formula is C21H35N3O2. The number of ether oxygens (including phenoxy) is 2. The van der Waals surface area contributed by atoms with Gasteiger partial charge in [0.2, 0.25) is 0 Å². The maximum absolute atomic E-state index is 5.64. The van der Waals surface area contributed by atoms with E-state index in [1.807, 2.05) is 14.0 Å². The molecule has 146 valence electrons. The first kappa shape index (κ1) is 20.6. The van der Waals surface area contributed by atoms with Crippen LogP contribution in [-0.4, -0.2) is 45.9 Å². The Morgan fingerprint density at radius 1 is 1.12 bits per heavy atom. The van der Waals surface area contributed by atoms with Crippen molar-refractivity contribution in [3.8, 4) is 5.75 Å². The third kappa shape index (κ3) is 5.90. The smallest absolute Gasteiger partial charge is 0.191 e. The molecule has 0 spiro atoms. The highest BCUT2D eigenvalue weighted by atomic mass is 16.5. The fraction of sp³-hybridized carbons (Fsp3) is 0.667. The zero-order valence-corrected chi connectivity index (χ0v) is 16.6. The fourth-order valence-corrected chi connectivity index (χ4v) is 3.46. The molecule has 0 atom stereocenters. The van der Waals surface area contributed by atoms with Crippen LogP contribution in [0.1, 0.15) is 51.5 Å². The highest BCUT2D eigenvalue weighted by Gasteiger charge is 2.34. The molecule has 0 unspecified atom stereocenters. The van der Waals surface area contributed by atoms with Crippen LogP contribution in [0.15, 0.2) is 29.3 Å². The molecule has 2 rings (SSSR count). The van der Waals surface area contributed by atoms with Crippen molar-refractivity contribution < 1.29 is 9.47 Å². The van der Waals surface area contributed by atoms with Crippen LogP contribution in [0.4, 0.5) is 0 Å². The van der Waals surface area contributed by atoms with Gasteiger partial charge in [-0.15, -0.1) is 0 Å². The summed E-state index contributed by atoms with van der Waals surface area (Å²) < 4.78 is 11.2. The third-order valence-corrected chi connectivity index (χ3v) is 5.12. The molecule has 0 radical (unpaired) electrons. The molecular weight excluding hydrogens is 326 g/mol. The summed E-state index contributed by atoms with van der Waals surface area (Å²) in [6, 6.07) is 8.56. The molecule has 1 aliphatic rings. The lowest BCUT2D eigenvalue weighted by atomic mass is 9.74. The molecule has 1 aromatic carbocycles. The Kier molecular flexibility index (Phi) is 8.75. The zero-order valence-electron chi connectivity index (χ0n) is 16.6. The van der Waals surface area contributed by atoms with Gasteiger partial charge in [0.1, 0.15) is 5.75 Å². The molecule has 0 aromatic heterocycles. The van der Waals surface area contributed by atoms with E-state index in [4.69, 9.17) is 9.47 Å². The van der Waals surface area contributed by atoms with Gasteiger partial charge in [0, 0.05) is 38.8 Å². The second kappa shape index (κ2) is 11.1. The van der Waals surface area contributed by atoms with Gasteiger partial charge in [0.25, 0.3) is 0 Å². The number of aliphatic imine (C=N–C) groups is 1. The first-order chi connectivity index (χ1) is 12.7. The van der Waals surface area contributed by atoms with E-state index in [9.17, 15) is 0 Å². The summed E-state index contributed by atoms with van der Waals surface area (Å²) in [6.07, 6.45) is 5.68. The average molecular weight is 362 g/mol. The Balaban J connectivity index is 2.01. The minimum atomic E-state index is 0.0734. The zero-order chi connectivity index (χ0) is 18.7. The number of hydrogen-bond acceptors (Lipinski definition) is 3. The Labute approximate surface area is 158 Å². The summed E-state index contributed by atoms with van der Waals surface area (Å²) in [4.78, 5) is 4.38. The molecule has 0 saturated carbocycles. The number of nitrogens with zero attached hydrogens (tertiary/aromatic N) is 1. The third-order valence-electron chi connectivity index (χ3n) is 5.12. The van der Waals surface area contributed by atoms with Crippen molar-refractivity contribution in [2.24, 2.45) is 4.99 Å². The predicted molar refractivity (Wildman–Crippen MR) is 108 cm³/mol. The van der Waals surface area contributed by atoms with Crippen LogP contribution in [-0.2, 0) is 10.2 Å². The van der Waals surface area contributed by atoms with Crippen molar-refractivity contribution in [1.29, 1.82) is 0 Å². The van der Waals surface area contributed by atoms with Crippen molar-refractivity contribution in [3.05, 3.63) is 29.8 Å². The SMILES string of the molecule is CCCCCNC(=NC)NCC1(c2ccc(OCC)cc2)CCOCC1. The van der Waals surface area contributed by atoms with Crippen LogP contribution >= 0.6 is 0 Å². The van der Waals surface area contributed by atoms with Crippen LogP contribution in [0.5, 0.6) is 5.75 Å². The lowest BCUT2D eigenvalue weighted by molar-refractivity contribution is 0.0513. The number of unbranched alkanes of at least 4 members (excludes halogenated alkanes) is 2. The van der Waals surface area contributed by atoms with E-state index in [0.29, 0.717) is 6.61 Å². The minimum Gasteiger partial charge on any atom is -0.494 e. The van der Waals surface area contributed by atoms with Crippen LogP contribution < -0.4 is 15.4 Å². The Bertz CT molecular complexity index is 537. The van der Waals surface area contributed by atoms with E-state index in [0.717, 1.165) is 50.9 Å². The summed E-state index contributed by atoms with van der Waals surface area (Å²) in [7, 11) is 1.84. The molecule has 2 N–H and O–H groups in total. The van der Waals surface area contributed by atoms with Crippen molar-refractivity contribution in [2.75, 3.05) is 40.0 Å². The maximum atomic E-state index is 5.64. The second-order valence-corrected chi connectivity index (χ2v) is 6.91. The van der Waals surface area contributed by atoms with Crippen LogP contribution in [0, 0.1) is 0 Å². The van der Waals surface area contributed by atoms with E-state index >= 15 is 0 Å². The molecule has 0 amide bonds. The standard InChI is InChI=1S/C21H35N3O2/c1-4-6-7-14-23-20(22-3)24-17-21(12-15-25-16-13-21)18-8-10-19(11-9-18)26-5-2/h8-11H,4-7,12-17H2,1-3H3,(H2,22,23,24). The number of rotatable bonds is 9. The van der Waals surface area contributed by atoms with E-state index < -0.39 is 0 Å². The Hall–Kier alpha value is -1.75. The first-order valence-corrected chi connectivity index (χ1v) is 9.99. The topological polar surface area (TPSA) is 54.9 Å². The van der Waals surface area contributed by atoms with Gasteiger partial charge in [-0.25, -0.2) is 0 Å². The average Bonchev–Trinajstić information content (AvgIpc) is 2.69. The molecule has 1 saturated heterocycles. The van der Waals surface area contributed by atoms with Crippen LogP contribution in [0.3, 0.4) is 0 Å². The minimum absolute atomic E-state index is 0.0734. The molecule has 1 aliphatic heterocycles. The maximum Gasteiger partial charge on any atom is 0.191 e. The van der Waals surface area contributed by atoms with Crippen molar-refractivity contribution in [2.45, 2.75) is 51.4 Å². The van der Waals surface area contributed by atoms with Gasteiger partial charge in [0.05, 0.1) is 6.61 Å². The first-order valence-electron chi connectivity index (χ1n) is 9.99. The van der Waals surface area contributed by atoms with Gasteiger partial charge in [-0.05, 0) is 43.9 Å². The van der Waals surface area contributed by atoms with Crippen molar-refractivity contribution in [3.63, 3.8) is 0 Å². The van der Waals surface area contributed by atoms with E-state index in [1.165, 1.54) is 24.8 Å². The van der Waals surface area contributed by atoms with E-state index in [1.54, 1.807) is 0 Å².